The van der Waals surface area contributed by atoms with E-state index in [4.69, 9.17) is 9.47 Å². The van der Waals surface area contributed by atoms with Crippen molar-refractivity contribution >= 4 is 15.7 Å². The van der Waals surface area contributed by atoms with E-state index in [1.807, 2.05) is 13.8 Å². The fourth-order valence-corrected chi connectivity index (χ4v) is 3.35. The van der Waals surface area contributed by atoms with Gasteiger partial charge in [0.25, 0.3) is 5.91 Å². The summed E-state index contributed by atoms with van der Waals surface area (Å²) in [4.78, 5) is 14.5. The highest BCUT2D eigenvalue weighted by molar-refractivity contribution is 7.90. The molecule has 1 saturated heterocycles. The van der Waals surface area contributed by atoms with Crippen molar-refractivity contribution in [2.24, 2.45) is 0 Å². The first-order valence-electron chi connectivity index (χ1n) is 6.94. The molecule has 0 aromatic heterocycles. The van der Waals surface area contributed by atoms with Crippen LogP contribution in [-0.4, -0.2) is 57.9 Å². The van der Waals surface area contributed by atoms with Gasteiger partial charge in [0, 0.05) is 18.4 Å². The molecule has 0 spiro atoms. The van der Waals surface area contributed by atoms with E-state index in [1.54, 1.807) is 11.0 Å². The Morgan fingerprint density at radius 3 is 2.59 bits per heavy atom. The molecule has 2 rings (SSSR count). The van der Waals surface area contributed by atoms with Crippen LogP contribution in [-0.2, 0) is 14.6 Å². The van der Waals surface area contributed by atoms with Crippen LogP contribution in [0.15, 0.2) is 23.1 Å². The minimum atomic E-state index is -3.48. The van der Waals surface area contributed by atoms with Crippen LogP contribution in [0.2, 0.25) is 0 Å². The van der Waals surface area contributed by atoms with E-state index in [1.165, 1.54) is 19.2 Å². The van der Waals surface area contributed by atoms with Gasteiger partial charge in [-0.15, -0.1) is 0 Å². The third-order valence-corrected chi connectivity index (χ3v) is 4.82. The maximum Gasteiger partial charge on any atom is 0.254 e. The van der Waals surface area contributed by atoms with Gasteiger partial charge in [-0.1, -0.05) is 0 Å². The van der Waals surface area contributed by atoms with Gasteiger partial charge in [-0.05, 0) is 32.0 Å². The summed E-state index contributed by atoms with van der Waals surface area (Å²) >= 11 is 0. The number of nitrogens with zero attached hydrogens (tertiary/aromatic N) is 1. The zero-order chi connectivity index (χ0) is 16.5. The van der Waals surface area contributed by atoms with Crippen LogP contribution >= 0.6 is 0 Å². The lowest BCUT2D eigenvalue weighted by molar-refractivity contribution is -0.0370. The number of amides is 1. The van der Waals surface area contributed by atoms with Crippen LogP contribution < -0.4 is 4.74 Å². The molecule has 6 nitrogen and oxygen atoms in total. The van der Waals surface area contributed by atoms with Crippen molar-refractivity contribution in [3.8, 4) is 5.75 Å². The Bertz CT molecular complexity index is 681. The number of carbonyl (C=O) groups is 1. The lowest BCUT2D eigenvalue weighted by Gasteiger charge is -2.42. The Kier molecular flexibility index (Phi) is 4.49. The molecule has 1 fully saturated rings. The molecule has 122 valence electrons. The summed E-state index contributed by atoms with van der Waals surface area (Å²) in [5, 5.41) is 0. The highest BCUT2D eigenvalue weighted by Crippen LogP contribution is 2.27. The molecule has 22 heavy (non-hydrogen) atoms. The van der Waals surface area contributed by atoms with Gasteiger partial charge in [0.15, 0.2) is 9.84 Å². The first-order valence-corrected chi connectivity index (χ1v) is 8.84. The number of ether oxygens (including phenoxy) is 2. The topological polar surface area (TPSA) is 72.9 Å². The van der Waals surface area contributed by atoms with Crippen molar-refractivity contribution in [1.82, 2.24) is 4.90 Å². The number of hydrogen-bond acceptors (Lipinski definition) is 5. The minimum absolute atomic E-state index is 0.0203. The van der Waals surface area contributed by atoms with Crippen LogP contribution in [0.3, 0.4) is 0 Å². The standard InChI is InChI=1S/C15H21NO5S/c1-15(2)10-21-8-7-16(15)14(17)11-5-6-12(20-3)13(9-11)22(4,18)19/h5-6,9H,7-8,10H2,1-4H3. The summed E-state index contributed by atoms with van der Waals surface area (Å²) in [5.74, 6) is 0.0288. The Morgan fingerprint density at radius 1 is 1.36 bits per heavy atom. The second-order valence-electron chi connectivity index (χ2n) is 5.96. The molecule has 0 aliphatic carbocycles. The lowest BCUT2D eigenvalue weighted by atomic mass is 10.0. The molecule has 1 aromatic carbocycles. The molecule has 0 radical (unpaired) electrons. The van der Waals surface area contributed by atoms with E-state index in [0.717, 1.165) is 6.26 Å². The van der Waals surface area contributed by atoms with E-state index in [9.17, 15) is 13.2 Å². The highest BCUT2D eigenvalue weighted by Gasteiger charge is 2.35. The molecule has 0 unspecified atom stereocenters. The Balaban J connectivity index is 2.43. The molecule has 0 N–H and O–H groups in total. The predicted octanol–water partition coefficient (Wildman–Crippen LogP) is 1.35. The lowest BCUT2D eigenvalue weighted by Crippen LogP contribution is -2.55. The fourth-order valence-electron chi connectivity index (χ4n) is 2.49. The summed E-state index contributed by atoms with van der Waals surface area (Å²) < 4.78 is 34.2. The minimum Gasteiger partial charge on any atom is -0.495 e. The van der Waals surface area contributed by atoms with Crippen molar-refractivity contribution in [1.29, 1.82) is 0 Å². The van der Waals surface area contributed by atoms with Gasteiger partial charge >= 0.3 is 0 Å². The number of morpholine rings is 1. The second-order valence-corrected chi connectivity index (χ2v) is 7.94. The SMILES string of the molecule is COc1ccc(C(=O)N2CCOCC2(C)C)cc1S(C)(=O)=O. The van der Waals surface area contributed by atoms with Gasteiger partial charge < -0.3 is 14.4 Å². The van der Waals surface area contributed by atoms with E-state index in [2.05, 4.69) is 0 Å². The van der Waals surface area contributed by atoms with E-state index >= 15 is 0 Å². The molecule has 1 aliphatic rings. The van der Waals surface area contributed by atoms with Gasteiger partial charge in [0.2, 0.25) is 0 Å². The molecule has 1 heterocycles. The third-order valence-electron chi connectivity index (χ3n) is 3.70. The van der Waals surface area contributed by atoms with Gasteiger partial charge in [0.05, 0.1) is 25.9 Å². The van der Waals surface area contributed by atoms with Crippen molar-refractivity contribution in [3.63, 3.8) is 0 Å². The molecule has 1 aromatic rings. The monoisotopic (exact) mass is 327 g/mol. The van der Waals surface area contributed by atoms with E-state index in [-0.39, 0.29) is 16.6 Å². The largest absolute Gasteiger partial charge is 0.495 e. The normalized spacial score (nSPS) is 18.1. The first-order chi connectivity index (χ1) is 10.2. The summed E-state index contributed by atoms with van der Waals surface area (Å²) in [6, 6.07) is 4.47. The Hall–Kier alpha value is -1.60. The Labute approximate surface area is 130 Å². The van der Waals surface area contributed by atoms with Crippen LogP contribution in [0, 0.1) is 0 Å². The summed E-state index contributed by atoms with van der Waals surface area (Å²) in [5.41, 5.74) is -0.100. The Morgan fingerprint density at radius 2 is 2.05 bits per heavy atom. The average Bonchev–Trinajstić information content (AvgIpc) is 2.44. The fraction of sp³-hybridized carbons (Fsp3) is 0.533. The van der Waals surface area contributed by atoms with Crippen molar-refractivity contribution in [2.75, 3.05) is 33.1 Å². The summed E-state index contributed by atoms with van der Waals surface area (Å²) in [6.07, 6.45) is 1.10. The smallest absolute Gasteiger partial charge is 0.254 e. The van der Waals surface area contributed by atoms with Gasteiger partial charge in [0.1, 0.15) is 10.6 Å². The number of carbonyl (C=O) groups excluding carboxylic acids is 1. The van der Waals surface area contributed by atoms with Crippen LogP contribution in [0.25, 0.3) is 0 Å². The van der Waals surface area contributed by atoms with Crippen molar-refractivity contribution in [2.45, 2.75) is 24.3 Å². The van der Waals surface area contributed by atoms with Gasteiger partial charge in [-0.2, -0.15) is 0 Å². The molecule has 0 saturated carbocycles. The molecular weight excluding hydrogens is 306 g/mol. The van der Waals surface area contributed by atoms with Gasteiger partial charge in [-0.3, -0.25) is 4.79 Å². The third kappa shape index (κ3) is 3.25. The highest BCUT2D eigenvalue weighted by atomic mass is 32.2. The number of methoxy groups -OCH3 is 1. The van der Waals surface area contributed by atoms with Crippen LogP contribution in [0.5, 0.6) is 5.75 Å². The second kappa shape index (κ2) is 5.89. The number of sulfone groups is 1. The molecular formula is C15H21NO5S. The van der Waals surface area contributed by atoms with Crippen LogP contribution in [0.1, 0.15) is 24.2 Å². The van der Waals surface area contributed by atoms with Crippen LogP contribution in [0.4, 0.5) is 0 Å². The zero-order valence-electron chi connectivity index (χ0n) is 13.3. The zero-order valence-corrected chi connectivity index (χ0v) is 14.1. The number of hydrogen-bond donors (Lipinski definition) is 0. The van der Waals surface area contributed by atoms with E-state index in [0.29, 0.717) is 25.3 Å². The number of rotatable bonds is 3. The molecule has 1 amide bonds. The maximum absolute atomic E-state index is 12.7. The summed E-state index contributed by atoms with van der Waals surface area (Å²) in [7, 11) is -2.08. The molecule has 7 heteroatoms. The quantitative estimate of drug-likeness (QED) is 0.838. The number of benzene rings is 1. The van der Waals surface area contributed by atoms with Gasteiger partial charge in [-0.25, -0.2) is 8.42 Å². The van der Waals surface area contributed by atoms with Crippen molar-refractivity contribution < 1.29 is 22.7 Å². The van der Waals surface area contributed by atoms with E-state index < -0.39 is 15.4 Å². The first kappa shape index (κ1) is 16.8. The molecule has 1 aliphatic heterocycles. The predicted molar refractivity (Wildman–Crippen MR) is 82.0 cm³/mol. The van der Waals surface area contributed by atoms with Crippen molar-refractivity contribution in [3.05, 3.63) is 23.8 Å². The summed E-state index contributed by atoms with van der Waals surface area (Å²) in [6.45, 7) is 5.25. The average molecular weight is 327 g/mol. The molecule has 0 bridgehead atoms. The molecule has 0 atom stereocenters. The maximum atomic E-state index is 12.7.